The van der Waals surface area contributed by atoms with E-state index >= 15 is 0 Å². The van der Waals surface area contributed by atoms with Crippen LogP contribution in [0.15, 0.2) is 48.5 Å². The number of aliphatic carboxylic acids is 2. The van der Waals surface area contributed by atoms with Crippen molar-refractivity contribution >= 4 is 35.6 Å². The van der Waals surface area contributed by atoms with Crippen LogP contribution in [0.2, 0.25) is 0 Å². The lowest BCUT2D eigenvalue weighted by atomic mass is 9.99. The molecule has 2 rings (SSSR count). The van der Waals surface area contributed by atoms with E-state index in [1.807, 2.05) is 0 Å². The van der Waals surface area contributed by atoms with Gasteiger partial charge < -0.3 is 47.4 Å². The summed E-state index contributed by atoms with van der Waals surface area (Å²) < 4.78 is 0. The van der Waals surface area contributed by atoms with Gasteiger partial charge >= 0.3 is 11.9 Å². The van der Waals surface area contributed by atoms with E-state index in [9.17, 15) is 49.2 Å². The van der Waals surface area contributed by atoms with Crippen molar-refractivity contribution in [2.24, 2.45) is 17.6 Å². The molecule has 15 heteroatoms. The number of nitrogens with one attached hydrogen (secondary N) is 4. The zero-order valence-corrected chi connectivity index (χ0v) is 27.3. The number of carboxylic acids is 2. The number of phenolic OH excluding ortho intramolecular Hbond substituents is 2. The smallest absolute Gasteiger partial charge is 0.326 e. The molecule has 0 aliphatic rings. The highest BCUT2D eigenvalue weighted by molar-refractivity contribution is 5.97. The largest absolute Gasteiger partial charge is 0.508 e. The molecule has 262 valence electrons. The zero-order valence-electron chi connectivity index (χ0n) is 27.3. The molecule has 0 spiro atoms. The molecule has 15 nitrogen and oxygen atoms in total. The zero-order chi connectivity index (χ0) is 36.1. The number of carbonyl (C=O) groups is 6. The molecule has 2 aromatic carbocycles. The number of benzene rings is 2. The van der Waals surface area contributed by atoms with E-state index in [1.165, 1.54) is 36.4 Å². The van der Waals surface area contributed by atoms with Gasteiger partial charge in [0.25, 0.3) is 0 Å². The Kier molecular flexibility index (Phi) is 14.8. The Bertz CT molecular complexity index is 1430. The van der Waals surface area contributed by atoms with Crippen LogP contribution >= 0.6 is 0 Å². The number of aromatic hydroxyl groups is 2. The highest BCUT2D eigenvalue weighted by Crippen LogP contribution is 2.14. The van der Waals surface area contributed by atoms with Gasteiger partial charge in [0.05, 0.1) is 12.5 Å². The van der Waals surface area contributed by atoms with Crippen LogP contribution in [0.1, 0.15) is 51.7 Å². The van der Waals surface area contributed by atoms with Crippen molar-refractivity contribution in [1.82, 2.24) is 21.3 Å². The number of hydrogen-bond acceptors (Lipinski definition) is 9. The van der Waals surface area contributed by atoms with E-state index in [0.29, 0.717) is 11.1 Å². The Morgan fingerprint density at radius 3 is 1.54 bits per heavy atom. The van der Waals surface area contributed by atoms with Crippen LogP contribution in [0, 0.1) is 11.8 Å². The van der Waals surface area contributed by atoms with Crippen molar-refractivity contribution in [3.8, 4) is 11.5 Å². The van der Waals surface area contributed by atoms with Crippen molar-refractivity contribution in [3.63, 3.8) is 0 Å². The minimum Gasteiger partial charge on any atom is -0.508 e. The lowest BCUT2D eigenvalue weighted by Gasteiger charge is -2.28. The average molecular weight is 672 g/mol. The van der Waals surface area contributed by atoms with E-state index in [0.717, 1.165) is 0 Å². The molecule has 0 radical (unpaired) electrons. The minimum atomic E-state index is -1.66. The Morgan fingerprint density at radius 2 is 1.08 bits per heavy atom. The molecule has 0 aliphatic heterocycles. The number of rotatable bonds is 18. The third-order valence-corrected chi connectivity index (χ3v) is 7.32. The number of carbonyl (C=O) groups excluding carboxylic acids is 4. The van der Waals surface area contributed by atoms with Gasteiger partial charge in [0.1, 0.15) is 35.7 Å². The molecule has 5 atom stereocenters. The highest BCUT2D eigenvalue weighted by atomic mass is 16.4. The van der Waals surface area contributed by atoms with E-state index in [1.54, 1.807) is 39.8 Å². The SMILES string of the molecule is CC(C)CC(NC(=O)C(N)Cc1ccc(O)cc1)C(=O)NC(CC(=O)O)C(=O)NC(C(=O)NC(Cc1ccc(O)cc1)C(=O)O)C(C)C. The van der Waals surface area contributed by atoms with Gasteiger partial charge in [0.2, 0.25) is 23.6 Å². The maximum absolute atomic E-state index is 13.4. The predicted molar refractivity (Wildman–Crippen MR) is 174 cm³/mol. The van der Waals surface area contributed by atoms with Crippen molar-refractivity contribution in [2.75, 3.05) is 0 Å². The molecule has 0 saturated carbocycles. The van der Waals surface area contributed by atoms with Crippen molar-refractivity contribution in [2.45, 2.75) is 83.6 Å². The second-order valence-corrected chi connectivity index (χ2v) is 12.3. The van der Waals surface area contributed by atoms with Crippen LogP contribution in [-0.4, -0.2) is 86.2 Å². The molecular weight excluding hydrogens is 626 g/mol. The summed E-state index contributed by atoms with van der Waals surface area (Å²) in [5.74, 6) is -6.82. The molecule has 10 N–H and O–H groups in total. The van der Waals surface area contributed by atoms with E-state index in [-0.39, 0.29) is 36.7 Å². The summed E-state index contributed by atoms with van der Waals surface area (Å²) >= 11 is 0. The van der Waals surface area contributed by atoms with E-state index in [2.05, 4.69) is 21.3 Å². The molecule has 0 aromatic heterocycles. The number of hydrogen-bond donors (Lipinski definition) is 9. The first kappa shape index (κ1) is 39.0. The normalized spacial score (nSPS) is 14.2. The molecule has 2 aromatic rings. The topological polar surface area (TPSA) is 257 Å². The first-order valence-corrected chi connectivity index (χ1v) is 15.4. The first-order valence-electron chi connectivity index (χ1n) is 15.4. The standard InChI is InChI=1S/C33H45N5O10/c1-17(2)13-24(35-29(43)23(34)14-19-5-9-21(39)10-6-19)30(44)36-25(16-27(41)42)31(45)38-28(18(3)4)32(46)37-26(33(47)48)15-20-7-11-22(40)12-8-20/h5-12,17-18,23-26,28,39-40H,13-16,34H2,1-4H3,(H,35,43)(H,36,44)(H,37,46)(H,38,45)(H,41,42)(H,47,48). The number of phenols is 2. The molecule has 0 fully saturated rings. The lowest BCUT2D eigenvalue weighted by molar-refractivity contribution is -0.143. The number of nitrogens with two attached hydrogens (primary N) is 1. The fourth-order valence-corrected chi connectivity index (χ4v) is 4.73. The minimum absolute atomic E-state index is 0.0210. The number of amides is 4. The average Bonchev–Trinajstić information content (AvgIpc) is 2.99. The summed E-state index contributed by atoms with van der Waals surface area (Å²) in [7, 11) is 0. The van der Waals surface area contributed by atoms with Crippen molar-refractivity contribution in [1.29, 1.82) is 0 Å². The van der Waals surface area contributed by atoms with Crippen molar-refractivity contribution < 1.29 is 49.2 Å². The van der Waals surface area contributed by atoms with Crippen LogP contribution in [0.5, 0.6) is 11.5 Å². The van der Waals surface area contributed by atoms with Crippen LogP contribution in [0.25, 0.3) is 0 Å². The van der Waals surface area contributed by atoms with Gasteiger partial charge in [-0.2, -0.15) is 0 Å². The first-order chi connectivity index (χ1) is 22.5. The summed E-state index contributed by atoms with van der Waals surface area (Å²) in [5.41, 5.74) is 7.24. The third-order valence-electron chi connectivity index (χ3n) is 7.32. The quantitative estimate of drug-likeness (QED) is 0.105. The Hall–Kier alpha value is -5.18. The maximum atomic E-state index is 13.4. The van der Waals surface area contributed by atoms with Gasteiger partial charge in [-0.15, -0.1) is 0 Å². The lowest BCUT2D eigenvalue weighted by Crippen LogP contribution is -2.60. The Labute approximate surface area is 278 Å². The summed E-state index contributed by atoms with van der Waals surface area (Å²) in [6.07, 6.45) is -0.757. The van der Waals surface area contributed by atoms with E-state index in [4.69, 9.17) is 5.73 Å². The highest BCUT2D eigenvalue weighted by Gasteiger charge is 2.34. The molecular formula is C33H45N5O10. The van der Waals surface area contributed by atoms with Gasteiger partial charge in [-0.3, -0.25) is 24.0 Å². The van der Waals surface area contributed by atoms with Crippen LogP contribution in [0.3, 0.4) is 0 Å². The third kappa shape index (κ3) is 12.9. The summed E-state index contributed by atoms with van der Waals surface area (Å²) in [6, 6.07) is 5.19. The summed E-state index contributed by atoms with van der Waals surface area (Å²) in [6.45, 7) is 6.76. The van der Waals surface area contributed by atoms with Crippen LogP contribution in [0.4, 0.5) is 0 Å². The van der Waals surface area contributed by atoms with Gasteiger partial charge in [-0.05, 0) is 60.1 Å². The Morgan fingerprint density at radius 1 is 0.625 bits per heavy atom. The molecule has 0 heterocycles. The molecule has 5 unspecified atom stereocenters. The van der Waals surface area contributed by atoms with Crippen molar-refractivity contribution in [3.05, 3.63) is 59.7 Å². The maximum Gasteiger partial charge on any atom is 0.326 e. The fraction of sp³-hybridized carbons (Fsp3) is 0.455. The van der Waals surface area contributed by atoms with E-state index < -0.39 is 78.1 Å². The second-order valence-electron chi connectivity index (χ2n) is 12.3. The summed E-state index contributed by atoms with van der Waals surface area (Å²) in [4.78, 5) is 76.5. The van der Waals surface area contributed by atoms with Gasteiger partial charge in [0.15, 0.2) is 0 Å². The number of carboxylic acid groups (broad SMARTS) is 2. The Balaban J connectivity index is 2.17. The van der Waals surface area contributed by atoms with Gasteiger partial charge in [0, 0.05) is 6.42 Å². The van der Waals surface area contributed by atoms with Crippen LogP contribution in [-0.2, 0) is 41.6 Å². The van der Waals surface area contributed by atoms with Gasteiger partial charge in [-0.1, -0.05) is 52.0 Å². The molecule has 0 saturated heterocycles. The van der Waals surface area contributed by atoms with Crippen LogP contribution < -0.4 is 27.0 Å². The molecule has 48 heavy (non-hydrogen) atoms. The van der Waals surface area contributed by atoms with Gasteiger partial charge in [-0.25, -0.2) is 4.79 Å². The summed E-state index contributed by atoms with van der Waals surface area (Å²) in [5, 5.41) is 47.9. The second kappa shape index (κ2) is 18.2. The molecule has 4 amide bonds. The molecule has 0 aliphatic carbocycles. The predicted octanol–water partition coefficient (Wildman–Crippen LogP) is 0.411. The fourth-order valence-electron chi connectivity index (χ4n) is 4.73. The monoisotopic (exact) mass is 671 g/mol. The molecule has 0 bridgehead atoms.